The van der Waals surface area contributed by atoms with E-state index in [2.05, 4.69) is 24.4 Å². The molecule has 1 aromatic carbocycles. The molecule has 15 heavy (non-hydrogen) atoms. The molecule has 1 atom stereocenters. The summed E-state index contributed by atoms with van der Waals surface area (Å²) in [6.07, 6.45) is 1.02. The van der Waals surface area contributed by atoms with Gasteiger partial charge in [-0.25, -0.2) is 0 Å². The van der Waals surface area contributed by atoms with Crippen molar-refractivity contribution in [1.29, 1.82) is 0 Å². The maximum absolute atomic E-state index is 5.51. The number of rotatable bonds is 6. The van der Waals surface area contributed by atoms with Crippen LogP contribution in [0.2, 0.25) is 0 Å². The lowest BCUT2D eigenvalue weighted by Gasteiger charge is -2.10. The smallest absolute Gasteiger partial charge is 0.118 e. The first-order valence-corrected chi connectivity index (χ1v) is 5.32. The second-order valence-electron chi connectivity index (χ2n) is 3.69. The van der Waals surface area contributed by atoms with Gasteiger partial charge < -0.3 is 15.8 Å². The molecule has 3 N–H and O–H groups in total. The highest BCUT2D eigenvalue weighted by atomic mass is 16.5. The molecule has 1 rings (SSSR count). The number of methoxy groups -OCH3 is 1. The monoisotopic (exact) mass is 208 g/mol. The quantitative estimate of drug-likeness (QED) is 0.738. The fraction of sp³-hybridized carbons (Fsp3) is 0.500. The summed E-state index contributed by atoms with van der Waals surface area (Å²) in [6.45, 7) is 3.74. The second kappa shape index (κ2) is 6.43. The lowest BCUT2D eigenvalue weighted by molar-refractivity contribution is 0.414. The molecular weight excluding hydrogens is 188 g/mol. The van der Waals surface area contributed by atoms with Gasteiger partial charge in [0.1, 0.15) is 5.75 Å². The molecule has 0 spiro atoms. The van der Waals surface area contributed by atoms with Gasteiger partial charge in [0.2, 0.25) is 0 Å². The SMILES string of the molecule is COc1ccc(CCN[C@H](C)CN)cc1. The van der Waals surface area contributed by atoms with Crippen LogP contribution in [-0.2, 0) is 6.42 Å². The van der Waals surface area contributed by atoms with E-state index < -0.39 is 0 Å². The predicted molar refractivity (Wildman–Crippen MR) is 63.2 cm³/mol. The zero-order valence-electron chi connectivity index (χ0n) is 9.49. The Morgan fingerprint density at radius 1 is 1.33 bits per heavy atom. The number of hydrogen-bond donors (Lipinski definition) is 2. The van der Waals surface area contributed by atoms with Gasteiger partial charge in [-0.2, -0.15) is 0 Å². The van der Waals surface area contributed by atoms with E-state index >= 15 is 0 Å². The number of hydrogen-bond acceptors (Lipinski definition) is 3. The zero-order chi connectivity index (χ0) is 11.1. The average molecular weight is 208 g/mol. The van der Waals surface area contributed by atoms with E-state index in [0.29, 0.717) is 12.6 Å². The first-order chi connectivity index (χ1) is 7.26. The molecule has 84 valence electrons. The molecule has 3 heteroatoms. The van der Waals surface area contributed by atoms with E-state index in [9.17, 15) is 0 Å². The van der Waals surface area contributed by atoms with Crippen LogP contribution in [0.25, 0.3) is 0 Å². The van der Waals surface area contributed by atoms with Gasteiger partial charge in [0.15, 0.2) is 0 Å². The molecule has 3 nitrogen and oxygen atoms in total. The maximum Gasteiger partial charge on any atom is 0.118 e. The van der Waals surface area contributed by atoms with E-state index in [1.165, 1.54) is 5.56 Å². The largest absolute Gasteiger partial charge is 0.497 e. The topological polar surface area (TPSA) is 47.3 Å². The van der Waals surface area contributed by atoms with E-state index in [1.54, 1.807) is 7.11 Å². The van der Waals surface area contributed by atoms with Crippen molar-refractivity contribution in [2.75, 3.05) is 20.2 Å². The highest BCUT2D eigenvalue weighted by molar-refractivity contribution is 5.27. The van der Waals surface area contributed by atoms with Crippen molar-refractivity contribution in [2.45, 2.75) is 19.4 Å². The normalized spacial score (nSPS) is 12.5. The van der Waals surface area contributed by atoms with Gasteiger partial charge in [-0.05, 0) is 37.6 Å². The molecule has 0 saturated heterocycles. The summed E-state index contributed by atoms with van der Waals surface area (Å²) in [5, 5.41) is 3.35. The number of ether oxygens (including phenoxy) is 1. The molecule has 0 amide bonds. The Morgan fingerprint density at radius 3 is 2.53 bits per heavy atom. The Bertz CT molecular complexity index is 271. The predicted octanol–water partition coefficient (Wildman–Crippen LogP) is 1.17. The van der Waals surface area contributed by atoms with Crippen LogP contribution in [0.1, 0.15) is 12.5 Å². The minimum Gasteiger partial charge on any atom is -0.497 e. The molecule has 0 aliphatic rings. The lowest BCUT2D eigenvalue weighted by Crippen LogP contribution is -2.34. The van der Waals surface area contributed by atoms with Crippen LogP contribution in [-0.4, -0.2) is 26.2 Å². The van der Waals surface area contributed by atoms with E-state index in [4.69, 9.17) is 10.5 Å². The highest BCUT2D eigenvalue weighted by Gasteiger charge is 1.98. The Balaban J connectivity index is 2.31. The van der Waals surface area contributed by atoms with Gasteiger partial charge in [-0.15, -0.1) is 0 Å². The molecule has 0 bridgehead atoms. The minimum absolute atomic E-state index is 0.392. The van der Waals surface area contributed by atoms with Crippen molar-refractivity contribution in [3.8, 4) is 5.75 Å². The third kappa shape index (κ3) is 4.32. The van der Waals surface area contributed by atoms with Gasteiger partial charge in [0.25, 0.3) is 0 Å². The minimum atomic E-state index is 0.392. The molecule has 0 aromatic heterocycles. The Kier molecular flexibility index (Phi) is 5.15. The van der Waals surface area contributed by atoms with Crippen LogP contribution in [0, 0.1) is 0 Å². The maximum atomic E-state index is 5.51. The third-order valence-corrected chi connectivity index (χ3v) is 2.42. The van der Waals surface area contributed by atoms with Gasteiger partial charge in [-0.1, -0.05) is 12.1 Å². The molecular formula is C12H20N2O. The summed E-state index contributed by atoms with van der Waals surface area (Å²) < 4.78 is 5.10. The summed E-state index contributed by atoms with van der Waals surface area (Å²) in [7, 11) is 1.68. The van der Waals surface area contributed by atoms with Crippen molar-refractivity contribution < 1.29 is 4.74 Å². The van der Waals surface area contributed by atoms with Crippen molar-refractivity contribution in [2.24, 2.45) is 5.73 Å². The van der Waals surface area contributed by atoms with Gasteiger partial charge in [-0.3, -0.25) is 0 Å². The molecule has 0 aliphatic heterocycles. The zero-order valence-corrected chi connectivity index (χ0v) is 9.49. The molecule has 1 aromatic rings. The van der Waals surface area contributed by atoms with Crippen molar-refractivity contribution in [3.05, 3.63) is 29.8 Å². The van der Waals surface area contributed by atoms with E-state index in [-0.39, 0.29) is 0 Å². The van der Waals surface area contributed by atoms with Gasteiger partial charge in [0, 0.05) is 12.6 Å². The van der Waals surface area contributed by atoms with E-state index in [0.717, 1.165) is 18.7 Å². The third-order valence-electron chi connectivity index (χ3n) is 2.42. The van der Waals surface area contributed by atoms with Crippen LogP contribution >= 0.6 is 0 Å². The standard InChI is InChI=1S/C12H20N2O/c1-10(9-13)14-8-7-11-3-5-12(15-2)6-4-11/h3-6,10,14H,7-9,13H2,1-2H3/t10-/m1/s1. The van der Waals surface area contributed by atoms with Crippen LogP contribution in [0.3, 0.4) is 0 Å². The van der Waals surface area contributed by atoms with Crippen molar-refractivity contribution in [1.82, 2.24) is 5.32 Å². The highest BCUT2D eigenvalue weighted by Crippen LogP contribution is 2.11. The summed E-state index contributed by atoms with van der Waals surface area (Å²) in [6, 6.07) is 8.55. The molecule has 0 fully saturated rings. The summed E-state index contributed by atoms with van der Waals surface area (Å²) in [4.78, 5) is 0. The second-order valence-corrected chi connectivity index (χ2v) is 3.69. The Morgan fingerprint density at radius 2 is 2.00 bits per heavy atom. The summed E-state index contributed by atoms with van der Waals surface area (Å²) in [5.74, 6) is 0.905. The summed E-state index contributed by atoms with van der Waals surface area (Å²) >= 11 is 0. The Labute approximate surface area is 91.6 Å². The fourth-order valence-electron chi connectivity index (χ4n) is 1.34. The lowest BCUT2D eigenvalue weighted by atomic mass is 10.1. The molecule has 0 aliphatic carbocycles. The fourth-order valence-corrected chi connectivity index (χ4v) is 1.34. The molecule has 0 radical (unpaired) electrons. The van der Waals surface area contributed by atoms with Crippen molar-refractivity contribution >= 4 is 0 Å². The first kappa shape index (κ1) is 12.0. The van der Waals surface area contributed by atoms with E-state index in [1.807, 2.05) is 12.1 Å². The average Bonchev–Trinajstić information content (AvgIpc) is 2.29. The van der Waals surface area contributed by atoms with Crippen LogP contribution in [0.15, 0.2) is 24.3 Å². The summed E-state index contributed by atoms with van der Waals surface area (Å²) in [5.41, 5.74) is 6.82. The van der Waals surface area contributed by atoms with Gasteiger partial charge >= 0.3 is 0 Å². The molecule has 0 unspecified atom stereocenters. The van der Waals surface area contributed by atoms with Crippen LogP contribution in [0.4, 0.5) is 0 Å². The number of benzene rings is 1. The van der Waals surface area contributed by atoms with Gasteiger partial charge in [0.05, 0.1) is 7.11 Å². The Hall–Kier alpha value is -1.06. The first-order valence-electron chi connectivity index (χ1n) is 5.32. The molecule has 0 saturated carbocycles. The number of nitrogens with one attached hydrogen (secondary N) is 1. The van der Waals surface area contributed by atoms with Crippen LogP contribution < -0.4 is 15.8 Å². The van der Waals surface area contributed by atoms with Crippen LogP contribution in [0.5, 0.6) is 5.75 Å². The molecule has 0 heterocycles. The number of nitrogens with two attached hydrogens (primary N) is 1. The van der Waals surface area contributed by atoms with Crippen molar-refractivity contribution in [3.63, 3.8) is 0 Å².